The van der Waals surface area contributed by atoms with Gasteiger partial charge in [0.05, 0.1) is 24.9 Å². The minimum atomic E-state index is -0.377. The van der Waals surface area contributed by atoms with Crippen molar-refractivity contribution in [3.05, 3.63) is 111 Å². The lowest BCUT2D eigenvalue weighted by Crippen LogP contribution is -2.23. The first kappa shape index (κ1) is 25.7. The van der Waals surface area contributed by atoms with Crippen molar-refractivity contribution in [3.63, 3.8) is 0 Å². The molecule has 0 aliphatic heterocycles. The lowest BCUT2D eigenvalue weighted by Gasteiger charge is -2.11. The van der Waals surface area contributed by atoms with Gasteiger partial charge < -0.3 is 4.74 Å². The fourth-order valence-corrected chi connectivity index (χ4v) is 4.31. The van der Waals surface area contributed by atoms with Crippen molar-refractivity contribution in [3.8, 4) is 22.3 Å². The maximum Gasteiger partial charge on any atom is 0.367 e. The van der Waals surface area contributed by atoms with Crippen LogP contribution in [-0.2, 0) is 11.3 Å². The Hall–Kier alpha value is -3.94. The molecule has 7 nitrogen and oxygen atoms in total. The van der Waals surface area contributed by atoms with Crippen LogP contribution in [0.4, 0.5) is 0 Å². The number of esters is 1. The molecule has 3 aromatic carbocycles. The standard InChI is InChI=1S/C29H24Cl2N4O3/c1-18(2)17-38-28(36)22-5-3-19(4-6-22)16-34-29(37)35-27(33-34)26(21-9-13-24(31)14-10-21)25(15-32-35)20-7-11-23(30)12-8-20/h3-15,18H,16-17H2,1-2H3. The molecule has 0 aliphatic carbocycles. The SMILES string of the molecule is CC(C)COC(=O)c1ccc(Cn2nc3c(-c4ccc(Cl)cc4)c(-c4ccc(Cl)cc4)cnn3c2=O)cc1. The Morgan fingerprint density at radius 2 is 1.50 bits per heavy atom. The Kier molecular flexibility index (Phi) is 7.31. The summed E-state index contributed by atoms with van der Waals surface area (Å²) in [7, 11) is 0. The number of fused-ring (bicyclic) bond motifs is 1. The molecule has 38 heavy (non-hydrogen) atoms. The van der Waals surface area contributed by atoms with Crippen molar-refractivity contribution in [1.29, 1.82) is 0 Å². The van der Waals surface area contributed by atoms with Crippen molar-refractivity contribution in [2.75, 3.05) is 6.61 Å². The van der Waals surface area contributed by atoms with Crippen LogP contribution in [0.25, 0.3) is 27.9 Å². The number of halogens is 2. The van der Waals surface area contributed by atoms with E-state index in [0.717, 1.165) is 27.8 Å². The number of carbonyl (C=O) groups is 1. The maximum absolute atomic E-state index is 13.3. The Bertz CT molecular complexity index is 1660. The molecule has 0 aliphatic rings. The van der Waals surface area contributed by atoms with E-state index in [-0.39, 0.29) is 24.1 Å². The lowest BCUT2D eigenvalue weighted by molar-refractivity contribution is 0.0459. The van der Waals surface area contributed by atoms with Gasteiger partial charge in [-0.25, -0.2) is 14.3 Å². The maximum atomic E-state index is 13.3. The molecule has 0 fully saturated rings. The van der Waals surface area contributed by atoms with Crippen LogP contribution in [0.2, 0.25) is 10.0 Å². The predicted molar refractivity (Wildman–Crippen MR) is 149 cm³/mol. The molecule has 0 radical (unpaired) electrons. The first-order valence-corrected chi connectivity index (χ1v) is 12.8. The van der Waals surface area contributed by atoms with E-state index in [1.165, 1.54) is 9.20 Å². The number of hydrogen-bond acceptors (Lipinski definition) is 5. The molecule has 0 amide bonds. The van der Waals surface area contributed by atoms with E-state index < -0.39 is 0 Å². The van der Waals surface area contributed by atoms with E-state index in [4.69, 9.17) is 27.9 Å². The lowest BCUT2D eigenvalue weighted by atomic mass is 9.97. The highest BCUT2D eigenvalue weighted by molar-refractivity contribution is 6.31. The minimum absolute atomic E-state index is 0.208. The van der Waals surface area contributed by atoms with Crippen molar-refractivity contribution >= 4 is 34.8 Å². The van der Waals surface area contributed by atoms with Crippen LogP contribution >= 0.6 is 23.2 Å². The van der Waals surface area contributed by atoms with Gasteiger partial charge in [-0.1, -0.05) is 73.4 Å². The van der Waals surface area contributed by atoms with Crippen LogP contribution < -0.4 is 5.69 Å². The highest BCUT2D eigenvalue weighted by Crippen LogP contribution is 2.35. The van der Waals surface area contributed by atoms with Crippen molar-refractivity contribution in [1.82, 2.24) is 19.4 Å². The molecule has 192 valence electrons. The summed E-state index contributed by atoms with van der Waals surface area (Å²) in [5.41, 5.74) is 4.58. The molecule has 0 bridgehead atoms. The van der Waals surface area contributed by atoms with E-state index >= 15 is 0 Å². The zero-order chi connectivity index (χ0) is 26.8. The molecule has 9 heteroatoms. The zero-order valence-corrected chi connectivity index (χ0v) is 22.3. The molecular weight excluding hydrogens is 523 g/mol. The second kappa shape index (κ2) is 10.8. The summed E-state index contributed by atoms with van der Waals surface area (Å²) in [5.74, 6) is -0.117. The van der Waals surface area contributed by atoms with Gasteiger partial charge in [-0.05, 0) is 59.0 Å². The fourth-order valence-electron chi connectivity index (χ4n) is 4.06. The molecule has 0 atom stereocenters. The summed E-state index contributed by atoms with van der Waals surface area (Å²) in [6.07, 6.45) is 1.66. The van der Waals surface area contributed by atoms with Crippen LogP contribution in [0, 0.1) is 5.92 Å². The molecule has 2 heterocycles. The third kappa shape index (κ3) is 5.35. The van der Waals surface area contributed by atoms with Gasteiger partial charge in [0.15, 0.2) is 5.65 Å². The molecule has 0 spiro atoms. The summed E-state index contributed by atoms with van der Waals surface area (Å²) in [5, 5.41) is 10.3. The van der Waals surface area contributed by atoms with E-state index in [1.807, 2.05) is 38.1 Å². The highest BCUT2D eigenvalue weighted by Gasteiger charge is 2.19. The van der Waals surface area contributed by atoms with E-state index in [0.29, 0.717) is 27.9 Å². The Balaban J connectivity index is 1.54. The van der Waals surface area contributed by atoms with Gasteiger partial charge in [-0.15, -0.1) is 5.10 Å². The van der Waals surface area contributed by atoms with Gasteiger partial charge in [0.25, 0.3) is 0 Å². The molecule has 5 rings (SSSR count). The van der Waals surface area contributed by atoms with Crippen LogP contribution in [-0.4, -0.2) is 32.0 Å². The first-order valence-electron chi connectivity index (χ1n) is 12.1. The summed E-state index contributed by atoms with van der Waals surface area (Å²) in [6.45, 7) is 4.53. The molecule has 2 aromatic heterocycles. The number of carbonyl (C=O) groups excluding carboxylic acids is 1. The number of rotatable bonds is 7. The predicted octanol–water partition coefficient (Wildman–Crippen LogP) is 6.39. The molecule has 0 saturated carbocycles. The smallest absolute Gasteiger partial charge is 0.367 e. The third-order valence-electron chi connectivity index (χ3n) is 5.97. The number of hydrogen-bond donors (Lipinski definition) is 0. The second-order valence-corrected chi connectivity index (χ2v) is 10.2. The average molecular weight is 547 g/mol. The summed E-state index contributed by atoms with van der Waals surface area (Å²) in [4.78, 5) is 25.5. The van der Waals surface area contributed by atoms with Gasteiger partial charge in [0, 0.05) is 21.2 Å². The largest absolute Gasteiger partial charge is 0.462 e. The number of aromatic nitrogens is 4. The van der Waals surface area contributed by atoms with Gasteiger partial charge in [-0.3, -0.25) is 0 Å². The number of ether oxygens (including phenoxy) is 1. The number of nitrogens with zero attached hydrogens (tertiary/aromatic N) is 4. The van der Waals surface area contributed by atoms with Crippen LogP contribution in [0.1, 0.15) is 29.8 Å². The summed E-state index contributed by atoms with van der Waals surface area (Å²) < 4.78 is 7.94. The fraction of sp³-hybridized carbons (Fsp3) is 0.172. The Morgan fingerprint density at radius 1 is 0.895 bits per heavy atom. The second-order valence-electron chi connectivity index (χ2n) is 9.31. The Morgan fingerprint density at radius 3 is 2.11 bits per heavy atom. The topological polar surface area (TPSA) is 78.5 Å². The van der Waals surface area contributed by atoms with Crippen molar-refractivity contribution in [2.24, 2.45) is 5.92 Å². The minimum Gasteiger partial charge on any atom is -0.462 e. The van der Waals surface area contributed by atoms with Crippen LogP contribution in [0.5, 0.6) is 0 Å². The van der Waals surface area contributed by atoms with Crippen molar-refractivity contribution in [2.45, 2.75) is 20.4 Å². The summed E-state index contributed by atoms with van der Waals surface area (Å²) in [6, 6.07) is 21.7. The third-order valence-corrected chi connectivity index (χ3v) is 6.48. The first-order chi connectivity index (χ1) is 18.3. The normalized spacial score (nSPS) is 11.3. The molecule has 0 saturated heterocycles. The summed E-state index contributed by atoms with van der Waals surface area (Å²) >= 11 is 12.2. The van der Waals surface area contributed by atoms with Gasteiger partial charge in [-0.2, -0.15) is 9.61 Å². The van der Waals surface area contributed by atoms with Crippen LogP contribution in [0.15, 0.2) is 83.8 Å². The van der Waals surface area contributed by atoms with E-state index in [2.05, 4.69) is 10.2 Å². The van der Waals surface area contributed by atoms with Gasteiger partial charge in [0.2, 0.25) is 0 Å². The van der Waals surface area contributed by atoms with E-state index in [1.54, 1.807) is 54.7 Å². The van der Waals surface area contributed by atoms with E-state index in [9.17, 15) is 9.59 Å². The molecule has 5 aromatic rings. The quantitative estimate of drug-likeness (QED) is 0.221. The van der Waals surface area contributed by atoms with Crippen LogP contribution in [0.3, 0.4) is 0 Å². The molecular formula is C29H24Cl2N4O3. The highest BCUT2D eigenvalue weighted by atomic mass is 35.5. The van der Waals surface area contributed by atoms with Gasteiger partial charge in [0.1, 0.15) is 0 Å². The monoisotopic (exact) mass is 546 g/mol. The molecule has 0 N–H and O–H groups in total. The van der Waals surface area contributed by atoms with Gasteiger partial charge >= 0.3 is 11.7 Å². The molecule has 0 unspecified atom stereocenters. The Labute approximate surface area is 229 Å². The number of benzene rings is 3. The van der Waals surface area contributed by atoms with Crippen molar-refractivity contribution < 1.29 is 9.53 Å². The zero-order valence-electron chi connectivity index (χ0n) is 20.8. The average Bonchev–Trinajstić information content (AvgIpc) is 3.23.